The summed E-state index contributed by atoms with van der Waals surface area (Å²) in [6.45, 7) is 2.02. The second-order valence-electron chi connectivity index (χ2n) is 5.04. The molecular formula is C15H19N3O3. The predicted octanol–water partition coefficient (Wildman–Crippen LogP) is 1.12. The molecule has 1 heterocycles. The van der Waals surface area contributed by atoms with E-state index in [4.69, 9.17) is 10.00 Å². The van der Waals surface area contributed by atoms with Gasteiger partial charge in [0.15, 0.2) is 11.5 Å². The average molecular weight is 289 g/mol. The van der Waals surface area contributed by atoms with Crippen LogP contribution in [-0.4, -0.2) is 48.7 Å². The van der Waals surface area contributed by atoms with Crippen molar-refractivity contribution in [2.45, 2.75) is 18.9 Å². The average Bonchev–Trinajstić information content (AvgIpc) is 2.49. The molecule has 21 heavy (non-hydrogen) atoms. The SMILES string of the molecule is COc1cccc(C(=O)NC2CCN(CC#N)CC2)c1O. The number of ether oxygens (including phenoxy) is 1. The molecule has 1 aliphatic heterocycles. The second-order valence-corrected chi connectivity index (χ2v) is 5.04. The molecule has 1 fully saturated rings. The molecule has 1 aromatic rings. The number of aromatic hydroxyl groups is 1. The van der Waals surface area contributed by atoms with E-state index in [1.165, 1.54) is 7.11 Å². The van der Waals surface area contributed by atoms with Crippen LogP contribution in [0.1, 0.15) is 23.2 Å². The first-order valence-corrected chi connectivity index (χ1v) is 6.92. The number of benzene rings is 1. The molecular weight excluding hydrogens is 270 g/mol. The smallest absolute Gasteiger partial charge is 0.255 e. The van der Waals surface area contributed by atoms with Crippen LogP contribution in [0.3, 0.4) is 0 Å². The summed E-state index contributed by atoms with van der Waals surface area (Å²) in [4.78, 5) is 14.3. The standard InChI is InChI=1S/C15H19N3O3/c1-21-13-4-2-3-12(14(13)19)15(20)17-11-5-8-18(9-6-11)10-7-16/h2-4,11,19H,5-6,8-10H2,1H3,(H,17,20). The van der Waals surface area contributed by atoms with Gasteiger partial charge in [0.2, 0.25) is 0 Å². The number of phenolic OH excluding ortho intramolecular Hbond substituents is 1. The molecule has 6 nitrogen and oxygen atoms in total. The van der Waals surface area contributed by atoms with Gasteiger partial charge in [0.05, 0.1) is 25.3 Å². The lowest BCUT2D eigenvalue weighted by Crippen LogP contribution is -2.44. The third-order valence-corrected chi connectivity index (χ3v) is 3.68. The summed E-state index contributed by atoms with van der Waals surface area (Å²) in [5.41, 5.74) is 0.216. The molecule has 0 spiro atoms. The van der Waals surface area contributed by atoms with Gasteiger partial charge in [0.25, 0.3) is 5.91 Å². The molecule has 0 bridgehead atoms. The Labute approximate surface area is 123 Å². The Morgan fingerprint density at radius 3 is 2.86 bits per heavy atom. The van der Waals surface area contributed by atoms with Crippen LogP contribution < -0.4 is 10.1 Å². The van der Waals surface area contributed by atoms with Crippen molar-refractivity contribution in [1.29, 1.82) is 5.26 Å². The first kappa shape index (κ1) is 15.1. The second kappa shape index (κ2) is 6.95. The summed E-state index contributed by atoms with van der Waals surface area (Å²) < 4.78 is 5.00. The summed E-state index contributed by atoms with van der Waals surface area (Å²) >= 11 is 0. The van der Waals surface area contributed by atoms with Crippen molar-refractivity contribution in [1.82, 2.24) is 10.2 Å². The first-order valence-electron chi connectivity index (χ1n) is 6.92. The summed E-state index contributed by atoms with van der Waals surface area (Å²) in [6.07, 6.45) is 1.61. The molecule has 0 aliphatic carbocycles. The molecule has 112 valence electrons. The van der Waals surface area contributed by atoms with E-state index in [-0.39, 0.29) is 29.0 Å². The van der Waals surface area contributed by atoms with E-state index in [1.807, 2.05) is 0 Å². The number of phenols is 1. The number of nitriles is 1. The normalized spacial score (nSPS) is 16.2. The highest BCUT2D eigenvalue weighted by atomic mass is 16.5. The minimum atomic E-state index is -0.301. The molecule has 2 rings (SSSR count). The molecule has 1 aliphatic rings. The quantitative estimate of drug-likeness (QED) is 0.811. The van der Waals surface area contributed by atoms with Crippen molar-refractivity contribution in [3.63, 3.8) is 0 Å². The molecule has 0 saturated carbocycles. The van der Waals surface area contributed by atoms with Crippen LogP contribution in [0.25, 0.3) is 0 Å². The van der Waals surface area contributed by atoms with E-state index in [1.54, 1.807) is 18.2 Å². The molecule has 0 atom stereocenters. The van der Waals surface area contributed by atoms with Crippen LogP contribution in [0, 0.1) is 11.3 Å². The molecule has 1 aromatic carbocycles. The number of rotatable bonds is 4. The number of amides is 1. The number of carbonyl (C=O) groups excluding carboxylic acids is 1. The van der Waals surface area contributed by atoms with Gasteiger partial charge in [-0.2, -0.15) is 5.26 Å². The molecule has 0 unspecified atom stereocenters. The van der Waals surface area contributed by atoms with Crippen molar-refractivity contribution in [2.75, 3.05) is 26.7 Å². The van der Waals surface area contributed by atoms with Crippen molar-refractivity contribution in [3.05, 3.63) is 23.8 Å². The summed E-state index contributed by atoms with van der Waals surface area (Å²) in [5, 5.41) is 21.6. The van der Waals surface area contributed by atoms with Gasteiger partial charge in [-0.15, -0.1) is 0 Å². The molecule has 2 N–H and O–H groups in total. The van der Waals surface area contributed by atoms with Gasteiger partial charge in [0.1, 0.15) is 0 Å². The van der Waals surface area contributed by atoms with Gasteiger partial charge < -0.3 is 15.2 Å². The predicted molar refractivity (Wildman–Crippen MR) is 77.2 cm³/mol. The largest absolute Gasteiger partial charge is 0.504 e. The molecule has 0 aromatic heterocycles. The number of piperidine rings is 1. The molecule has 1 saturated heterocycles. The van der Waals surface area contributed by atoms with E-state index in [0.717, 1.165) is 25.9 Å². The lowest BCUT2D eigenvalue weighted by atomic mass is 10.0. The third kappa shape index (κ3) is 3.64. The zero-order valence-electron chi connectivity index (χ0n) is 12.0. The van der Waals surface area contributed by atoms with Crippen LogP contribution in [0.4, 0.5) is 0 Å². The molecule has 6 heteroatoms. The Hall–Kier alpha value is -2.26. The number of carbonyl (C=O) groups is 1. The van der Waals surface area contributed by atoms with Crippen LogP contribution in [0.15, 0.2) is 18.2 Å². The fraction of sp³-hybridized carbons (Fsp3) is 0.467. The van der Waals surface area contributed by atoms with Gasteiger partial charge in [-0.05, 0) is 25.0 Å². The Kier molecular flexibility index (Phi) is 5.01. The van der Waals surface area contributed by atoms with Gasteiger partial charge in [-0.25, -0.2) is 0 Å². The number of para-hydroxylation sites is 1. The van der Waals surface area contributed by atoms with E-state index < -0.39 is 0 Å². The van der Waals surface area contributed by atoms with Gasteiger partial charge >= 0.3 is 0 Å². The van der Waals surface area contributed by atoms with Crippen molar-refractivity contribution >= 4 is 5.91 Å². The minimum absolute atomic E-state index is 0.0676. The third-order valence-electron chi connectivity index (χ3n) is 3.68. The number of methoxy groups -OCH3 is 1. The van der Waals surface area contributed by atoms with Crippen LogP contribution >= 0.6 is 0 Å². The maximum Gasteiger partial charge on any atom is 0.255 e. The first-order chi connectivity index (χ1) is 10.2. The Morgan fingerprint density at radius 2 is 2.24 bits per heavy atom. The topological polar surface area (TPSA) is 85.6 Å². The monoisotopic (exact) mass is 289 g/mol. The Bertz CT molecular complexity index is 546. The number of hydrogen-bond donors (Lipinski definition) is 2. The Morgan fingerprint density at radius 1 is 1.52 bits per heavy atom. The fourth-order valence-corrected chi connectivity index (χ4v) is 2.47. The maximum atomic E-state index is 12.2. The highest BCUT2D eigenvalue weighted by Crippen LogP contribution is 2.29. The van der Waals surface area contributed by atoms with Crippen LogP contribution in [0.5, 0.6) is 11.5 Å². The van der Waals surface area contributed by atoms with Crippen LogP contribution in [0.2, 0.25) is 0 Å². The highest BCUT2D eigenvalue weighted by Gasteiger charge is 2.22. The van der Waals surface area contributed by atoms with Crippen molar-refractivity contribution in [3.8, 4) is 17.6 Å². The van der Waals surface area contributed by atoms with Gasteiger partial charge in [-0.1, -0.05) is 6.07 Å². The van der Waals surface area contributed by atoms with E-state index >= 15 is 0 Å². The zero-order chi connectivity index (χ0) is 15.2. The number of hydrogen-bond acceptors (Lipinski definition) is 5. The summed E-state index contributed by atoms with van der Waals surface area (Å²) in [7, 11) is 1.45. The van der Waals surface area contributed by atoms with E-state index in [9.17, 15) is 9.90 Å². The summed E-state index contributed by atoms with van der Waals surface area (Å²) in [6, 6.07) is 7.04. The molecule has 0 radical (unpaired) electrons. The highest BCUT2D eigenvalue weighted by molar-refractivity contribution is 5.97. The van der Waals surface area contributed by atoms with Gasteiger partial charge in [0, 0.05) is 19.1 Å². The lowest BCUT2D eigenvalue weighted by Gasteiger charge is -2.30. The van der Waals surface area contributed by atoms with E-state index in [2.05, 4.69) is 16.3 Å². The molecule has 1 amide bonds. The van der Waals surface area contributed by atoms with Crippen LogP contribution in [-0.2, 0) is 0 Å². The Balaban J connectivity index is 1.95. The minimum Gasteiger partial charge on any atom is -0.504 e. The number of nitrogens with one attached hydrogen (secondary N) is 1. The van der Waals surface area contributed by atoms with Crippen molar-refractivity contribution < 1.29 is 14.6 Å². The van der Waals surface area contributed by atoms with Gasteiger partial charge in [-0.3, -0.25) is 9.69 Å². The summed E-state index contributed by atoms with van der Waals surface area (Å²) in [5.74, 6) is -0.156. The number of nitrogens with zero attached hydrogens (tertiary/aromatic N) is 2. The fourth-order valence-electron chi connectivity index (χ4n) is 2.47. The number of likely N-dealkylation sites (tertiary alicyclic amines) is 1. The van der Waals surface area contributed by atoms with E-state index in [0.29, 0.717) is 6.54 Å². The maximum absolute atomic E-state index is 12.2. The lowest BCUT2D eigenvalue weighted by molar-refractivity contribution is 0.0911. The van der Waals surface area contributed by atoms with Crippen molar-refractivity contribution in [2.24, 2.45) is 0 Å². The zero-order valence-corrected chi connectivity index (χ0v) is 12.0.